The zero-order valence-electron chi connectivity index (χ0n) is 6.97. The summed E-state index contributed by atoms with van der Waals surface area (Å²) >= 11 is 0. The highest BCUT2D eigenvalue weighted by molar-refractivity contribution is 4.84. The Morgan fingerprint density at radius 2 is 2.10 bits per heavy atom. The van der Waals surface area contributed by atoms with Crippen LogP contribution in [0.1, 0.15) is 39.0 Å². The van der Waals surface area contributed by atoms with E-state index in [-0.39, 0.29) is 0 Å². The first-order chi connectivity index (χ1) is 4.88. The molecule has 0 bridgehead atoms. The summed E-state index contributed by atoms with van der Waals surface area (Å²) in [6.45, 7) is 3.18. The number of rotatable bonds is 5. The minimum absolute atomic E-state index is 0.878. The van der Waals surface area contributed by atoms with E-state index >= 15 is 0 Å². The molecule has 0 heterocycles. The van der Waals surface area contributed by atoms with E-state index in [2.05, 4.69) is 6.92 Å². The normalized spacial score (nSPS) is 30.6. The van der Waals surface area contributed by atoms with Crippen molar-refractivity contribution in [2.45, 2.75) is 39.0 Å². The van der Waals surface area contributed by atoms with Crippen LogP contribution >= 0.6 is 0 Å². The predicted octanol–water partition coefficient (Wildman–Crippen LogP) is 2.16. The van der Waals surface area contributed by atoms with Crippen LogP contribution in [-0.2, 0) is 0 Å². The molecule has 0 aromatic rings. The second-order valence-corrected chi connectivity index (χ2v) is 3.45. The summed E-state index contributed by atoms with van der Waals surface area (Å²) in [7, 11) is 0. The lowest BCUT2D eigenvalue weighted by atomic mass is 10.1. The molecule has 1 saturated carbocycles. The third kappa shape index (κ3) is 2.30. The van der Waals surface area contributed by atoms with Crippen LogP contribution < -0.4 is 5.73 Å². The van der Waals surface area contributed by atoms with Crippen molar-refractivity contribution in [3.05, 3.63) is 0 Å². The minimum Gasteiger partial charge on any atom is -0.330 e. The molecule has 1 nitrogen and oxygen atoms in total. The molecule has 0 aromatic carbocycles. The molecule has 0 aliphatic heterocycles. The molecule has 2 N–H and O–H groups in total. The van der Waals surface area contributed by atoms with Crippen molar-refractivity contribution in [3.8, 4) is 0 Å². The molecule has 1 rings (SSSR count). The van der Waals surface area contributed by atoms with E-state index in [1.165, 1.54) is 32.1 Å². The summed E-state index contributed by atoms with van der Waals surface area (Å²) < 4.78 is 0. The van der Waals surface area contributed by atoms with Crippen molar-refractivity contribution in [1.82, 2.24) is 0 Å². The van der Waals surface area contributed by atoms with Gasteiger partial charge in [-0.2, -0.15) is 0 Å². The van der Waals surface area contributed by atoms with Gasteiger partial charge < -0.3 is 5.73 Å². The van der Waals surface area contributed by atoms with Crippen molar-refractivity contribution in [1.29, 1.82) is 0 Å². The lowest BCUT2D eigenvalue weighted by Crippen LogP contribution is -1.98. The Balaban J connectivity index is 1.87. The fourth-order valence-electron chi connectivity index (χ4n) is 1.71. The second kappa shape index (κ2) is 3.97. The fraction of sp³-hybridized carbons (Fsp3) is 1.00. The summed E-state index contributed by atoms with van der Waals surface area (Å²) in [6.07, 6.45) is 6.93. The topological polar surface area (TPSA) is 26.0 Å². The van der Waals surface area contributed by atoms with Crippen LogP contribution in [0.15, 0.2) is 0 Å². The van der Waals surface area contributed by atoms with Crippen molar-refractivity contribution >= 4 is 0 Å². The van der Waals surface area contributed by atoms with Crippen LogP contribution in [0.4, 0.5) is 0 Å². The van der Waals surface area contributed by atoms with E-state index in [4.69, 9.17) is 5.73 Å². The summed E-state index contributed by atoms with van der Waals surface area (Å²) in [4.78, 5) is 0. The highest BCUT2D eigenvalue weighted by Crippen LogP contribution is 2.44. The van der Waals surface area contributed by atoms with Crippen molar-refractivity contribution in [2.75, 3.05) is 6.54 Å². The van der Waals surface area contributed by atoms with Gasteiger partial charge in [-0.25, -0.2) is 0 Å². The van der Waals surface area contributed by atoms with Crippen molar-refractivity contribution in [3.63, 3.8) is 0 Å². The summed E-state index contributed by atoms with van der Waals surface area (Å²) in [5, 5.41) is 0. The molecule has 0 radical (unpaired) electrons. The van der Waals surface area contributed by atoms with Gasteiger partial charge in [0.25, 0.3) is 0 Å². The Kier molecular flexibility index (Phi) is 3.20. The fourth-order valence-corrected chi connectivity index (χ4v) is 1.71. The van der Waals surface area contributed by atoms with E-state index in [1.807, 2.05) is 0 Å². The predicted molar refractivity (Wildman–Crippen MR) is 44.8 cm³/mol. The molecule has 1 aliphatic rings. The highest BCUT2D eigenvalue weighted by Gasteiger charge is 2.33. The average molecular weight is 141 g/mol. The van der Waals surface area contributed by atoms with Crippen LogP contribution in [0.5, 0.6) is 0 Å². The first-order valence-corrected chi connectivity index (χ1v) is 4.58. The Labute approximate surface area is 64.0 Å². The van der Waals surface area contributed by atoms with E-state index in [0.29, 0.717) is 0 Å². The minimum atomic E-state index is 0.878. The van der Waals surface area contributed by atoms with E-state index < -0.39 is 0 Å². The maximum absolute atomic E-state index is 5.40. The Morgan fingerprint density at radius 1 is 1.30 bits per heavy atom. The van der Waals surface area contributed by atoms with Gasteiger partial charge in [0.05, 0.1) is 0 Å². The van der Waals surface area contributed by atoms with E-state index in [1.54, 1.807) is 0 Å². The summed E-state index contributed by atoms with van der Waals surface area (Å²) in [5.41, 5.74) is 5.40. The van der Waals surface area contributed by atoms with Gasteiger partial charge in [-0.1, -0.05) is 26.2 Å². The molecular weight excluding hydrogens is 122 g/mol. The third-order valence-electron chi connectivity index (χ3n) is 2.62. The molecule has 0 saturated heterocycles. The largest absolute Gasteiger partial charge is 0.330 e. The maximum Gasteiger partial charge on any atom is -0.00773 e. The number of hydrogen-bond donors (Lipinski definition) is 1. The smallest absolute Gasteiger partial charge is 0.00773 e. The van der Waals surface area contributed by atoms with E-state index in [0.717, 1.165) is 18.4 Å². The number of nitrogens with two attached hydrogens (primary N) is 1. The molecule has 2 unspecified atom stereocenters. The zero-order valence-corrected chi connectivity index (χ0v) is 6.97. The van der Waals surface area contributed by atoms with Crippen molar-refractivity contribution < 1.29 is 0 Å². The molecule has 60 valence electrons. The van der Waals surface area contributed by atoms with Gasteiger partial charge in [-0.15, -0.1) is 0 Å². The monoisotopic (exact) mass is 141 g/mol. The van der Waals surface area contributed by atoms with Gasteiger partial charge in [0.15, 0.2) is 0 Å². The molecule has 1 aliphatic carbocycles. The molecule has 1 heteroatoms. The van der Waals surface area contributed by atoms with Gasteiger partial charge >= 0.3 is 0 Å². The molecule has 2 atom stereocenters. The Morgan fingerprint density at radius 3 is 2.60 bits per heavy atom. The molecule has 0 spiro atoms. The third-order valence-corrected chi connectivity index (χ3v) is 2.62. The first kappa shape index (κ1) is 8.06. The molecule has 10 heavy (non-hydrogen) atoms. The maximum atomic E-state index is 5.40. The van der Waals surface area contributed by atoms with E-state index in [9.17, 15) is 0 Å². The van der Waals surface area contributed by atoms with Gasteiger partial charge in [0.1, 0.15) is 0 Å². The number of hydrogen-bond acceptors (Lipinski definition) is 1. The molecular formula is C9H19N. The van der Waals surface area contributed by atoms with Crippen LogP contribution in [0, 0.1) is 11.8 Å². The summed E-state index contributed by atoms with van der Waals surface area (Å²) in [6, 6.07) is 0. The SMILES string of the molecule is CCC1CC1CCCCN. The van der Waals surface area contributed by atoms with Crippen molar-refractivity contribution in [2.24, 2.45) is 17.6 Å². The highest BCUT2D eigenvalue weighted by atomic mass is 14.5. The summed E-state index contributed by atoms with van der Waals surface area (Å²) in [5.74, 6) is 2.16. The van der Waals surface area contributed by atoms with Crippen LogP contribution in [-0.4, -0.2) is 6.54 Å². The molecule has 0 aromatic heterocycles. The van der Waals surface area contributed by atoms with Crippen LogP contribution in [0.2, 0.25) is 0 Å². The van der Waals surface area contributed by atoms with Crippen LogP contribution in [0.3, 0.4) is 0 Å². The van der Waals surface area contributed by atoms with Gasteiger partial charge in [0, 0.05) is 0 Å². The zero-order chi connectivity index (χ0) is 7.40. The van der Waals surface area contributed by atoms with Gasteiger partial charge in [-0.05, 0) is 31.2 Å². The molecule has 1 fully saturated rings. The quantitative estimate of drug-likeness (QED) is 0.583. The number of unbranched alkanes of at least 4 members (excludes halogenated alkanes) is 1. The first-order valence-electron chi connectivity index (χ1n) is 4.58. The second-order valence-electron chi connectivity index (χ2n) is 3.45. The lowest BCUT2D eigenvalue weighted by molar-refractivity contribution is 0.583. The van der Waals surface area contributed by atoms with Gasteiger partial charge in [0.2, 0.25) is 0 Å². The van der Waals surface area contributed by atoms with Gasteiger partial charge in [-0.3, -0.25) is 0 Å². The Hall–Kier alpha value is -0.0400. The lowest BCUT2D eigenvalue weighted by Gasteiger charge is -1.96. The Bertz CT molecular complexity index is 90.7. The van der Waals surface area contributed by atoms with Crippen LogP contribution in [0.25, 0.3) is 0 Å². The molecule has 0 amide bonds. The standard InChI is InChI=1S/C9H19N/c1-2-8-7-9(8)5-3-4-6-10/h8-9H,2-7,10H2,1H3. The average Bonchev–Trinajstić information content (AvgIpc) is 2.68.